The molecule has 0 aliphatic heterocycles. The molecule has 0 saturated heterocycles. The second-order valence-electron chi connectivity index (χ2n) is 4.04. The molecule has 0 aliphatic rings. The Labute approximate surface area is 120 Å². The molecule has 0 saturated carbocycles. The number of carbonyl (C=O) groups is 1. The molecule has 106 valence electrons. The highest BCUT2D eigenvalue weighted by molar-refractivity contribution is 9.10. The van der Waals surface area contributed by atoms with Crippen LogP contribution in [0.25, 0.3) is 0 Å². The van der Waals surface area contributed by atoms with Gasteiger partial charge < -0.3 is 5.11 Å². The molecule has 1 aromatic carbocycles. The SMILES string of the molecule is O=C(O)c1ccc(Cn2cc(C(F)(F)F)cn2)c(Br)c1. The van der Waals surface area contributed by atoms with E-state index in [1.165, 1.54) is 18.2 Å². The second-order valence-corrected chi connectivity index (χ2v) is 4.89. The Kier molecular flexibility index (Phi) is 3.85. The minimum absolute atomic E-state index is 0.0945. The fourth-order valence-corrected chi connectivity index (χ4v) is 2.08. The summed E-state index contributed by atoms with van der Waals surface area (Å²) in [5.74, 6) is -1.07. The van der Waals surface area contributed by atoms with E-state index in [1.54, 1.807) is 0 Å². The molecule has 0 aliphatic carbocycles. The molecule has 0 fully saturated rings. The van der Waals surface area contributed by atoms with Crippen molar-refractivity contribution in [3.8, 4) is 0 Å². The number of hydrogen-bond donors (Lipinski definition) is 1. The summed E-state index contributed by atoms with van der Waals surface area (Å²) in [6, 6.07) is 4.31. The summed E-state index contributed by atoms with van der Waals surface area (Å²) in [4.78, 5) is 10.8. The Morgan fingerprint density at radius 2 is 2.10 bits per heavy atom. The summed E-state index contributed by atoms with van der Waals surface area (Å²) in [7, 11) is 0. The first kappa shape index (κ1) is 14.6. The van der Waals surface area contributed by atoms with Gasteiger partial charge in [0.1, 0.15) is 0 Å². The van der Waals surface area contributed by atoms with Gasteiger partial charge in [0.2, 0.25) is 0 Å². The third-order valence-corrected chi connectivity index (χ3v) is 3.33. The Morgan fingerprint density at radius 1 is 1.40 bits per heavy atom. The molecular weight excluding hydrogens is 341 g/mol. The van der Waals surface area contributed by atoms with Crippen LogP contribution in [0.5, 0.6) is 0 Å². The van der Waals surface area contributed by atoms with Crippen molar-refractivity contribution in [3.63, 3.8) is 0 Å². The summed E-state index contributed by atoms with van der Waals surface area (Å²) in [6.07, 6.45) is -2.78. The van der Waals surface area contributed by atoms with E-state index in [4.69, 9.17) is 5.11 Å². The molecule has 0 radical (unpaired) electrons. The zero-order chi connectivity index (χ0) is 14.9. The number of rotatable bonds is 3. The van der Waals surface area contributed by atoms with Gasteiger partial charge in [0.15, 0.2) is 0 Å². The van der Waals surface area contributed by atoms with Gasteiger partial charge in [-0.15, -0.1) is 0 Å². The second kappa shape index (κ2) is 5.28. The molecular formula is C12H8BrF3N2O2. The van der Waals surface area contributed by atoms with E-state index in [9.17, 15) is 18.0 Å². The zero-order valence-electron chi connectivity index (χ0n) is 9.86. The summed E-state index contributed by atoms with van der Waals surface area (Å²) >= 11 is 3.19. The highest BCUT2D eigenvalue weighted by atomic mass is 79.9. The van der Waals surface area contributed by atoms with Crippen molar-refractivity contribution in [1.82, 2.24) is 9.78 Å². The van der Waals surface area contributed by atoms with Crippen molar-refractivity contribution in [2.75, 3.05) is 0 Å². The Bertz CT molecular complexity index is 652. The predicted octanol–water partition coefficient (Wildman–Crippen LogP) is 3.41. The molecule has 1 N–H and O–H groups in total. The van der Waals surface area contributed by atoms with Crippen molar-refractivity contribution >= 4 is 21.9 Å². The third kappa shape index (κ3) is 3.19. The Hall–Kier alpha value is -1.83. The first-order valence-corrected chi connectivity index (χ1v) is 6.18. The molecule has 0 unspecified atom stereocenters. The maximum atomic E-state index is 12.4. The number of hydrogen-bond acceptors (Lipinski definition) is 2. The number of carboxylic acids is 1. The highest BCUT2D eigenvalue weighted by Crippen LogP contribution is 2.29. The van der Waals surface area contributed by atoms with Gasteiger partial charge in [-0.1, -0.05) is 22.0 Å². The van der Waals surface area contributed by atoms with E-state index >= 15 is 0 Å². The molecule has 2 rings (SSSR count). The molecule has 0 bridgehead atoms. The highest BCUT2D eigenvalue weighted by Gasteiger charge is 2.32. The molecule has 0 spiro atoms. The van der Waals surface area contributed by atoms with E-state index in [1.807, 2.05) is 0 Å². The maximum absolute atomic E-state index is 12.4. The van der Waals surface area contributed by atoms with Crippen LogP contribution in [0, 0.1) is 0 Å². The maximum Gasteiger partial charge on any atom is 0.419 e. The van der Waals surface area contributed by atoms with Crippen molar-refractivity contribution in [2.24, 2.45) is 0 Å². The average Bonchev–Trinajstić information content (AvgIpc) is 2.80. The topological polar surface area (TPSA) is 55.1 Å². The first-order chi connectivity index (χ1) is 9.27. The molecule has 1 heterocycles. The fraction of sp³-hybridized carbons (Fsp3) is 0.167. The molecule has 20 heavy (non-hydrogen) atoms. The molecule has 4 nitrogen and oxygen atoms in total. The van der Waals surface area contributed by atoms with E-state index in [-0.39, 0.29) is 12.1 Å². The normalized spacial score (nSPS) is 11.6. The van der Waals surface area contributed by atoms with Crippen molar-refractivity contribution in [1.29, 1.82) is 0 Å². The first-order valence-electron chi connectivity index (χ1n) is 5.39. The third-order valence-electron chi connectivity index (χ3n) is 2.59. The Morgan fingerprint density at radius 3 is 2.60 bits per heavy atom. The minimum atomic E-state index is -4.43. The minimum Gasteiger partial charge on any atom is -0.478 e. The lowest BCUT2D eigenvalue weighted by Crippen LogP contribution is -2.05. The van der Waals surface area contributed by atoms with Crippen LogP contribution in [0.2, 0.25) is 0 Å². The summed E-state index contributed by atoms with van der Waals surface area (Å²) in [6.45, 7) is 0.108. The monoisotopic (exact) mass is 348 g/mol. The van der Waals surface area contributed by atoms with Crippen LogP contribution in [-0.4, -0.2) is 20.9 Å². The molecule has 2 aromatic rings. The largest absolute Gasteiger partial charge is 0.478 e. The van der Waals surface area contributed by atoms with Crippen LogP contribution in [0.15, 0.2) is 35.1 Å². The summed E-state index contributed by atoms with van der Waals surface area (Å²) < 4.78 is 38.9. The molecule has 0 atom stereocenters. The standard InChI is InChI=1S/C12H8BrF3N2O2/c13-10-3-7(11(19)20)1-2-8(10)5-18-6-9(4-17-18)12(14,15)16/h1-4,6H,5H2,(H,19,20). The number of nitrogens with zero attached hydrogens (tertiary/aromatic N) is 2. The number of halogens is 4. The zero-order valence-corrected chi connectivity index (χ0v) is 11.4. The van der Waals surface area contributed by atoms with Crippen LogP contribution >= 0.6 is 15.9 Å². The van der Waals surface area contributed by atoms with Gasteiger partial charge in [0.05, 0.1) is 23.9 Å². The summed E-state index contributed by atoms with van der Waals surface area (Å²) in [5, 5.41) is 12.5. The van der Waals surface area contributed by atoms with E-state index in [0.717, 1.165) is 17.1 Å². The number of carboxylic acid groups (broad SMARTS) is 1. The van der Waals surface area contributed by atoms with E-state index in [2.05, 4.69) is 21.0 Å². The number of aromatic carboxylic acids is 1. The molecule has 8 heteroatoms. The average molecular weight is 349 g/mol. The van der Waals surface area contributed by atoms with Gasteiger partial charge in [0.25, 0.3) is 0 Å². The lowest BCUT2D eigenvalue weighted by Gasteiger charge is -2.06. The summed E-state index contributed by atoms with van der Waals surface area (Å²) in [5.41, 5.74) is -0.0975. The van der Waals surface area contributed by atoms with Gasteiger partial charge in [-0.05, 0) is 17.7 Å². The van der Waals surface area contributed by atoms with Gasteiger partial charge in [-0.25, -0.2) is 4.79 Å². The van der Waals surface area contributed by atoms with E-state index < -0.39 is 17.7 Å². The smallest absolute Gasteiger partial charge is 0.419 e. The van der Waals surface area contributed by atoms with Crippen LogP contribution in [-0.2, 0) is 12.7 Å². The lowest BCUT2D eigenvalue weighted by molar-refractivity contribution is -0.137. The van der Waals surface area contributed by atoms with Crippen LogP contribution in [0.1, 0.15) is 21.5 Å². The Balaban J connectivity index is 2.22. The van der Waals surface area contributed by atoms with Gasteiger partial charge in [-0.3, -0.25) is 4.68 Å². The van der Waals surface area contributed by atoms with Gasteiger partial charge in [0, 0.05) is 10.7 Å². The van der Waals surface area contributed by atoms with Gasteiger partial charge >= 0.3 is 12.1 Å². The van der Waals surface area contributed by atoms with Crippen LogP contribution in [0.4, 0.5) is 13.2 Å². The molecule has 1 aromatic heterocycles. The number of aromatic nitrogens is 2. The fourth-order valence-electron chi connectivity index (χ4n) is 1.58. The number of benzene rings is 1. The van der Waals surface area contributed by atoms with Crippen LogP contribution in [0.3, 0.4) is 0 Å². The van der Waals surface area contributed by atoms with Crippen LogP contribution < -0.4 is 0 Å². The quantitative estimate of drug-likeness (QED) is 0.924. The van der Waals surface area contributed by atoms with Crippen molar-refractivity contribution < 1.29 is 23.1 Å². The predicted molar refractivity (Wildman–Crippen MR) is 67.4 cm³/mol. The van der Waals surface area contributed by atoms with E-state index in [0.29, 0.717) is 10.0 Å². The lowest BCUT2D eigenvalue weighted by atomic mass is 10.1. The van der Waals surface area contributed by atoms with Crippen molar-refractivity contribution in [3.05, 3.63) is 51.8 Å². The van der Waals surface area contributed by atoms with Crippen molar-refractivity contribution in [2.45, 2.75) is 12.7 Å². The molecule has 0 amide bonds. The van der Waals surface area contributed by atoms with Gasteiger partial charge in [-0.2, -0.15) is 18.3 Å². The number of alkyl halides is 3.